The maximum absolute atomic E-state index is 5.79. The Labute approximate surface area is 164 Å². The van der Waals surface area contributed by atoms with Gasteiger partial charge in [-0.1, -0.05) is 28.8 Å². The molecule has 0 N–H and O–H groups in total. The van der Waals surface area contributed by atoms with Crippen LogP contribution < -0.4 is 9.47 Å². The van der Waals surface area contributed by atoms with Crippen molar-refractivity contribution >= 4 is 22.9 Å². The summed E-state index contributed by atoms with van der Waals surface area (Å²) in [6.45, 7) is 1.37. The molecule has 3 heterocycles. The van der Waals surface area contributed by atoms with Gasteiger partial charge in [-0.15, -0.1) is 16.4 Å². The highest BCUT2D eigenvalue weighted by atomic mass is 32.1. The summed E-state index contributed by atoms with van der Waals surface area (Å²) >= 11 is 2.99. The van der Waals surface area contributed by atoms with Crippen LogP contribution in [0, 0.1) is 0 Å². The minimum atomic E-state index is 0.680. The third kappa shape index (κ3) is 3.31. The molecule has 0 atom stereocenters. The number of hydrogen-bond acceptors (Lipinski definition) is 7. The van der Waals surface area contributed by atoms with Crippen molar-refractivity contribution in [2.75, 3.05) is 13.2 Å². The summed E-state index contributed by atoms with van der Waals surface area (Å²) in [7, 11) is 0. The van der Waals surface area contributed by atoms with E-state index in [0.29, 0.717) is 13.2 Å². The van der Waals surface area contributed by atoms with Crippen molar-refractivity contribution in [1.82, 2.24) is 14.6 Å². The Morgan fingerprint density at radius 2 is 1.56 bits per heavy atom. The topological polar surface area (TPSA) is 57.1 Å². The largest absolute Gasteiger partial charge is 0.490 e. The fourth-order valence-electron chi connectivity index (χ4n) is 2.94. The van der Waals surface area contributed by atoms with Gasteiger partial charge in [0.2, 0.25) is 0 Å². The van der Waals surface area contributed by atoms with Gasteiger partial charge in [0.25, 0.3) is 0 Å². The van der Waals surface area contributed by atoms with Gasteiger partial charge < -0.3 is 9.47 Å². The van der Waals surface area contributed by atoms with Crippen LogP contribution in [0.15, 0.2) is 53.2 Å². The summed E-state index contributed by atoms with van der Waals surface area (Å²) in [4.78, 5) is 4.81. The van der Waals surface area contributed by atoms with Crippen LogP contribution in [-0.4, -0.2) is 27.8 Å². The molecule has 0 fully saturated rings. The van der Waals surface area contributed by atoms with Gasteiger partial charge in [0, 0.05) is 33.9 Å². The van der Waals surface area contributed by atoms with E-state index in [1.165, 1.54) is 11.5 Å². The van der Waals surface area contributed by atoms with E-state index in [4.69, 9.17) is 14.5 Å². The van der Waals surface area contributed by atoms with Crippen molar-refractivity contribution in [2.24, 2.45) is 0 Å². The van der Waals surface area contributed by atoms with Crippen molar-refractivity contribution in [1.29, 1.82) is 0 Å². The Hall–Kier alpha value is -2.77. The first-order valence-corrected chi connectivity index (χ1v) is 10.3. The molecule has 2 aromatic heterocycles. The predicted molar refractivity (Wildman–Crippen MR) is 107 cm³/mol. The second-order valence-corrected chi connectivity index (χ2v) is 7.59. The molecule has 0 radical (unpaired) electrons. The zero-order valence-electron chi connectivity index (χ0n) is 14.3. The van der Waals surface area contributed by atoms with Gasteiger partial charge in [-0.05, 0) is 29.7 Å². The lowest BCUT2D eigenvalue weighted by Gasteiger charge is -2.08. The van der Waals surface area contributed by atoms with Crippen molar-refractivity contribution in [3.8, 4) is 44.6 Å². The van der Waals surface area contributed by atoms with E-state index in [-0.39, 0.29) is 0 Å². The summed E-state index contributed by atoms with van der Waals surface area (Å²) < 4.78 is 15.4. The molecule has 27 heavy (non-hydrogen) atoms. The molecule has 2 aromatic carbocycles. The monoisotopic (exact) mass is 393 g/mol. The summed E-state index contributed by atoms with van der Waals surface area (Å²) in [6, 6.07) is 14.3. The normalized spacial score (nSPS) is 13.3. The van der Waals surface area contributed by atoms with Crippen LogP contribution in [0.5, 0.6) is 11.5 Å². The molecular formula is C20H15N3O2S2. The first kappa shape index (κ1) is 16.4. The highest BCUT2D eigenvalue weighted by Gasteiger charge is 2.13. The van der Waals surface area contributed by atoms with Gasteiger partial charge >= 0.3 is 0 Å². The Bertz CT molecular complexity index is 1060. The summed E-state index contributed by atoms with van der Waals surface area (Å²) in [5, 5.41) is 9.12. The van der Waals surface area contributed by atoms with Gasteiger partial charge in [0.05, 0.1) is 18.9 Å². The van der Waals surface area contributed by atoms with Crippen LogP contribution in [0.3, 0.4) is 0 Å². The summed E-state index contributed by atoms with van der Waals surface area (Å²) in [6.07, 6.45) is 0.901. The van der Waals surface area contributed by atoms with Crippen LogP contribution in [0.25, 0.3) is 33.1 Å². The van der Waals surface area contributed by atoms with Crippen LogP contribution in [0.2, 0.25) is 0 Å². The summed E-state index contributed by atoms with van der Waals surface area (Å²) in [5.41, 5.74) is 5.03. The molecule has 0 amide bonds. The third-order valence-corrected chi connectivity index (χ3v) is 5.73. The molecule has 0 saturated heterocycles. The molecular weight excluding hydrogens is 378 g/mol. The lowest BCUT2D eigenvalue weighted by molar-refractivity contribution is 0.297. The van der Waals surface area contributed by atoms with E-state index in [9.17, 15) is 0 Å². The minimum Gasteiger partial charge on any atom is -0.490 e. The number of aromatic nitrogens is 3. The lowest BCUT2D eigenvalue weighted by atomic mass is 10.1. The number of benzene rings is 2. The van der Waals surface area contributed by atoms with Crippen molar-refractivity contribution in [3.05, 3.63) is 53.2 Å². The van der Waals surface area contributed by atoms with E-state index < -0.39 is 0 Å². The predicted octanol–water partition coefficient (Wildman–Crippen LogP) is 5.16. The smallest absolute Gasteiger partial charge is 0.161 e. The van der Waals surface area contributed by atoms with Crippen molar-refractivity contribution < 1.29 is 9.47 Å². The lowest BCUT2D eigenvalue weighted by Crippen LogP contribution is -1.97. The quantitative estimate of drug-likeness (QED) is 0.481. The minimum absolute atomic E-state index is 0.680. The molecule has 5 nitrogen and oxygen atoms in total. The second-order valence-electron chi connectivity index (χ2n) is 6.12. The van der Waals surface area contributed by atoms with Gasteiger partial charge in [-0.25, -0.2) is 4.98 Å². The SMILES string of the molecule is c1cc(-c2nc(-c3ccc4c(c3)OCCCO4)cs2)ccc1-c1csnn1. The molecule has 5 rings (SSSR count). The zero-order valence-corrected chi connectivity index (χ0v) is 15.9. The molecule has 7 heteroatoms. The van der Waals surface area contributed by atoms with Crippen LogP contribution in [0.1, 0.15) is 6.42 Å². The number of nitrogens with zero attached hydrogens (tertiary/aromatic N) is 3. The van der Waals surface area contributed by atoms with E-state index in [1.54, 1.807) is 11.3 Å². The van der Waals surface area contributed by atoms with Crippen molar-refractivity contribution in [2.45, 2.75) is 6.42 Å². The Morgan fingerprint density at radius 1 is 0.778 bits per heavy atom. The number of fused-ring (bicyclic) bond motifs is 1. The van der Waals surface area contributed by atoms with E-state index in [0.717, 1.165) is 51.0 Å². The van der Waals surface area contributed by atoms with Gasteiger partial charge in [-0.2, -0.15) is 0 Å². The summed E-state index contributed by atoms with van der Waals surface area (Å²) in [5.74, 6) is 1.60. The standard InChI is InChI=1S/C20H15N3O2S2/c1-8-24-18-7-6-15(10-19(18)25-9-1)16-11-26-20(21-16)14-4-2-13(3-5-14)17-12-27-23-22-17/h2-7,10-12H,1,8-9H2. The fourth-order valence-corrected chi connectivity index (χ4v) is 4.24. The Balaban J connectivity index is 1.42. The third-order valence-electron chi connectivity index (χ3n) is 4.34. The highest BCUT2D eigenvalue weighted by molar-refractivity contribution is 7.13. The fraction of sp³-hybridized carbons (Fsp3) is 0.150. The molecule has 0 spiro atoms. The van der Waals surface area contributed by atoms with E-state index >= 15 is 0 Å². The van der Waals surface area contributed by atoms with Gasteiger partial charge in [-0.3, -0.25) is 0 Å². The molecule has 0 aliphatic carbocycles. The number of ether oxygens (including phenoxy) is 2. The molecule has 1 aliphatic rings. The van der Waals surface area contributed by atoms with E-state index in [1.807, 2.05) is 23.6 Å². The number of rotatable bonds is 3. The molecule has 0 unspecified atom stereocenters. The number of hydrogen-bond donors (Lipinski definition) is 0. The molecule has 134 valence electrons. The Kier molecular flexibility index (Phi) is 4.31. The molecule has 0 bridgehead atoms. The van der Waals surface area contributed by atoms with Crippen LogP contribution in [-0.2, 0) is 0 Å². The highest BCUT2D eigenvalue weighted by Crippen LogP contribution is 2.36. The molecule has 0 saturated carbocycles. The van der Waals surface area contributed by atoms with Crippen molar-refractivity contribution in [3.63, 3.8) is 0 Å². The first-order chi connectivity index (χ1) is 13.4. The number of thiazole rings is 1. The average molecular weight is 393 g/mol. The molecule has 4 aromatic rings. The van der Waals surface area contributed by atoms with Gasteiger partial charge in [0.15, 0.2) is 11.5 Å². The molecule has 1 aliphatic heterocycles. The Morgan fingerprint density at radius 3 is 2.37 bits per heavy atom. The van der Waals surface area contributed by atoms with E-state index in [2.05, 4.69) is 39.2 Å². The first-order valence-electron chi connectivity index (χ1n) is 8.60. The average Bonchev–Trinajstić information content (AvgIpc) is 3.36. The van der Waals surface area contributed by atoms with Gasteiger partial charge in [0.1, 0.15) is 10.7 Å². The maximum atomic E-state index is 5.79. The van der Waals surface area contributed by atoms with Crippen LogP contribution in [0.4, 0.5) is 0 Å². The zero-order chi connectivity index (χ0) is 18.1. The second kappa shape index (κ2) is 7.09. The maximum Gasteiger partial charge on any atom is 0.161 e. The van der Waals surface area contributed by atoms with Crippen LogP contribution >= 0.6 is 22.9 Å².